The largest absolute Gasteiger partial charge is 0.455 e. The molecule has 0 saturated heterocycles. The number of carbonyl (C=O) groups excluding carboxylic acids is 3. The van der Waals surface area contributed by atoms with Crippen molar-refractivity contribution in [2.75, 3.05) is 13.2 Å². The molecule has 2 N–H and O–H groups in total. The van der Waals surface area contributed by atoms with Gasteiger partial charge in [0.05, 0.1) is 6.42 Å². The highest BCUT2D eigenvalue weighted by atomic mass is 35.5. The Labute approximate surface area is 131 Å². The van der Waals surface area contributed by atoms with E-state index in [4.69, 9.17) is 27.9 Å². The van der Waals surface area contributed by atoms with E-state index in [2.05, 4.69) is 5.32 Å². The highest BCUT2D eigenvalue weighted by molar-refractivity contribution is 6.36. The van der Waals surface area contributed by atoms with E-state index in [9.17, 15) is 14.4 Å². The molecule has 3 amide bonds. The number of hydrogen-bond acceptors (Lipinski definition) is 4. The Morgan fingerprint density at radius 1 is 1.19 bits per heavy atom. The molecule has 21 heavy (non-hydrogen) atoms. The van der Waals surface area contributed by atoms with Crippen molar-refractivity contribution < 1.29 is 19.1 Å². The van der Waals surface area contributed by atoms with E-state index < -0.39 is 24.5 Å². The van der Waals surface area contributed by atoms with Gasteiger partial charge in [-0.15, -0.1) is 0 Å². The second-order valence-electron chi connectivity index (χ2n) is 3.95. The van der Waals surface area contributed by atoms with Gasteiger partial charge in [0.15, 0.2) is 6.61 Å². The van der Waals surface area contributed by atoms with Gasteiger partial charge in [0, 0.05) is 22.2 Å². The van der Waals surface area contributed by atoms with Crippen molar-refractivity contribution in [3.8, 4) is 0 Å². The first kappa shape index (κ1) is 17.3. The molecule has 114 valence electrons. The standard InChI is InChI=1S/C13H14Cl2N2O4/c1-2-16-13(20)17-11(18)7-21-12(19)6-8-9(14)4-3-5-10(8)15/h3-5H,2,6-7H2,1H3,(H2,16,17,18,20). The minimum Gasteiger partial charge on any atom is -0.455 e. The third-order valence-corrected chi connectivity index (χ3v) is 3.05. The first-order chi connectivity index (χ1) is 9.93. The van der Waals surface area contributed by atoms with Crippen LogP contribution < -0.4 is 10.6 Å². The molecule has 0 saturated carbocycles. The molecule has 1 rings (SSSR count). The quantitative estimate of drug-likeness (QED) is 0.807. The molecule has 0 unspecified atom stereocenters. The van der Waals surface area contributed by atoms with Gasteiger partial charge >= 0.3 is 12.0 Å². The number of benzene rings is 1. The SMILES string of the molecule is CCNC(=O)NC(=O)COC(=O)Cc1c(Cl)cccc1Cl. The van der Waals surface area contributed by atoms with Gasteiger partial charge < -0.3 is 10.1 Å². The third kappa shape index (κ3) is 6.01. The molecule has 0 atom stereocenters. The molecule has 0 spiro atoms. The lowest BCUT2D eigenvalue weighted by Gasteiger charge is -2.08. The van der Waals surface area contributed by atoms with Gasteiger partial charge in [-0.25, -0.2) is 4.79 Å². The number of imide groups is 1. The summed E-state index contributed by atoms with van der Waals surface area (Å²) in [5.41, 5.74) is 0.426. The summed E-state index contributed by atoms with van der Waals surface area (Å²) in [7, 11) is 0. The van der Waals surface area contributed by atoms with Crippen LogP contribution in [0.15, 0.2) is 18.2 Å². The maximum Gasteiger partial charge on any atom is 0.321 e. The first-order valence-electron chi connectivity index (χ1n) is 6.10. The van der Waals surface area contributed by atoms with Gasteiger partial charge in [-0.05, 0) is 19.1 Å². The molecule has 1 aromatic carbocycles. The van der Waals surface area contributed by atoms with E-state index in [1.807, 2.05) is 5.32 Å². The molecule has 0 aromatic heterocycles. The van der Waals surface area contributed by atoms with Crippen molar-refractivity contribution in [2.24, 2.45) is 0 Å². The van der Waals surface area contributed by atoms with Crippen LogP contribution in [-0.4, -0.2) is 31.1 Å². The number of nitrogens with one attached hydrogen (secondary N) is 2. The lowest BCUT2D eigenvalue weighted by Crippen LogP contribution is -2.41. The molecule has 0 bridgehead atoms. The Bertz CT molecular complexity index is 529. The van der Waals surface area contributed by atoms with Crippen LogP contribution in [0.3, 0.4) is 0 Å². The molecule has 0 radical (unpaired) electrons. The molecule has 0 fully saturated rings. The van der Waals surface area contributed by atoms with Crippen LogP contribution in [0.25, 0.3) is 0 Å². The third-order valence-electron chi connectivity index (χ3n) is 2.34. The Balaban J connectivity index is 2.44. The number of ether oxygens (including phenoxy) is 1. The molecule has 8 heteroatoms. The van der Waals surface area contributed by atoms with E-state index in [0.29, 0.717) is 22.2 Å². The van der Waals surface area contributed by atoms with Gasteiger partial charge in [-0.3, -0.25) is 14.9 Å². The van der Waals surface area contributed by atoms with Crippen molar-refractivity contribution >= 4 is 41.1 Å². The molecule has 0 aliphatic carbocycles. The smallest absolute Gasteiger partial charge is 0.321 e. The zero-order valence-electron chi connectivity index (χ0n) is 11.2. The van der Waals surface area contributed by atoms with Crippen LogP contribution >= 0.6 is 23.2 Å². The second-order valence-corrected chi connectivity index (χ2v) is 4.76. The zero-order chi connectivity index (χ0) is 15.8. The predicted molar refractivity (Wildman–Crippen MR) is 78.3 cm³/mol. The zero-order valence-corrected chi connectivity index (χ0v) is 12.8. The summed E-state index contributed by atoms with van der Waals surface area (Å²) in [6.07, 6.45) is -0.160. The number of urea groups is 1. The van der Waals surface area contributed by atoms with Crippen LogP contribution in [0.5, 0.6) is 0 Å². The van der Waals surface area contributed by atoms with Gasteiger partial charge in [-0.1, -0.05) is 29.3 Å². The summed E-state index contributed by atoms with van der Waals surface area (Å²) in [5.74, 6) is -1.39. The fraction of sp³-hybridized carbons (Fsp3) is 0.308. The number of carbonyl (C=O) groups is 3. The minimum atomic E-state index is -0.723. The Hall–Kier alpha value is -1.79. The van der Waals surface area contributed by atoms with Crippen LogP contribution in [0.4, 0.5) is 4.79 Å². The molecule has 1 aromatic rings. The molecular weight excluding hydrogens is 319 g/mol. The van der Waals surface area contributed by atoms with Crippen LogP contribution in [0.2, 0.25) is 10.0 Å². The fourth-order valence-electron chi connectivity index (χ4n) is 1.41. The number of rotatable bonds is 5. The van der Waals surface area contributed by atoms with Gasteiger partial charge in [0.25, 0.3) is 5.91 Å². The average Bonchev–Trinajstić information content (AvgIpc) is 2.41. The lowest BCUT2D eigenvalue weighted by molar-refractivity contribution is -0.147. The fourth-order valence-corrected chi connectivity index (χ4v) is 1.94. The van der Waals surface area contributed by atoms with Crippen molar-refractivity contribution in [1.82, 2.24) is 10.6 Å². The monoisotopic (exact) mass is 332 g/mol. The molecule has 6 nitrogen and oxygen atoms in total. The van der Waals surface area contributed by atoms with Gasteiger partial charge in [0.2, 0.25) is 0 Å². The van der Waals surface area contributed by atoms with Crippen molar-refractivity contribution in [3.05, 3.63) is 33.8 Å². The van der Waals surface area contributed by atoms with E-state index in [-0.39, 0.29) is 6.42 Å². The number of esters is 1. The van der Waals surface area contributed by atoms with Gasteiger partial charge in [0.1, 0.15) is 0 Å². The van der Waals surface area contributed by atoms with Crippen LogP contribution in [0.1, 0.15) is 12.5 Å². The molecule has 0 heterocycles. The summed E-state index contributed by atoms with van der Waals surface area (Å²) >= 11 is 11.8. The Morgan fingerprint density at radius 2 is 1.81 bits per heavy atom. The Morgan fingerprint density at radius 3 is 2.38 bits per heavy atom. The van der Waals surface area contributed by atoms with Crippen LogP contribution in [0, 0.1) is 0 Å². The number of hydrogen-bond donors (Lipinski definition) is 2. The van der Waals surface area contributed by atoms with Gasteiger partial charge in [-0.2, -0.15) is 0 Å². The van der Waals surface area contributed by atoms with Crippen molar-refractivity contribution in [1.29, 1.82) is 0 Å². The van der Waals surface area contributed by atoms with E-state index in [1.54, 1.807) is 25.1 Å². The maximum atomic E-state index is 11.6. The van der Waals surface area contributed by atoms with E-state index in [1.165, 1.54) is 0 Å². The topological polar surface area (TPSA) is 84.5 Å². The number of halogens is 2. The van der Waals surface area contributed by atoms with Crippen LogP contribution in [-0.2, 0) is 20.7 Å². The minimum absolute atomic E-state index is 0.160. The first-order valence-corrected chi connectivity index (χ1v) is 6.85. The number of amides is 3. The molecule has 0 aliphatic rings. The van der Waals surface area contributed by atoms with Crippen molar-refractivity contribution in [3.63, 3.8) is 0 Å². The second kappa shape index (κ2) is 8.49. The lowest BCUT2D eigenvalue weighted by atomic mass is 10.1. The van der Waals surface area contributed by atoms with Crippen molar-refractivity contribution in [2.45, 2.75) is 13.3 Å². The molecule has 0 aliphatic heterocycles. The predicted octanol–water partition coefficient (Wildman–Crippen LogP) is 1.92. The van der Waals surface area contributed by atoms with E-state index >= 15 is 0 Å². The highest BCUT2D eigenvalue weighted by Crippen LogP contribution is 2.24. The normalized spacial score (nSPS) is 9.86. The summed E-state index contributed by atoms with van der Waals surface area (Å²) < 4.78 is 4.75. The summed E-state index contributed by atoms with van der Waals surface area (Å²) in [5, 5.41) is 5.06. The summed E-state index contributed by atoms with van der Waals surface area (Å²) in [6.45, 7) is 1.53. The average molecular weight is 333 g/mol. The Kier molecular flexibility index (Phi) is 6.98. The van der Waals surface area contributed by atoms with E-state index in [0.717, 1.165) is 0 Å². The molecular formula is C13H14Cl2N2O4. The maximum absolute atomic E-state index is 11.6. The summed E-state index contributed by atoms with van der Waals surface area (Å²) in [6, 6.07) is 4.20. The highest BCUT2D eigenvalue weighted by Gasteiger charge is 2.14. The summed E-state index contributed by atoms with van der Waals surface area (Å²) in [4.78, 5) is 34.0.